The molecule has 4 nitrogen and oxygen atoms in total. The van der Waals surface area contributed by atoms with E-state index in [1.54, 1.807) is 0 Å². The van der Waals surface area contributed by atoms with Gasteiger partial charge in [-0.3, -0.25) is 4.79 Å². The Morgan fingerprint density at radius 3 is 2.70 bits per heavy atom. The third kappa shape index (κ3) is 4.19. The first-order valence-corrected chi connectivity index (χ1v) is 8.22. The molecule has 0 saturated heterocycles. The molecule has 1 rings (SSSR count). The minimum atomic E-state index is -0.980. The van der Waals surface area contributed by atoms with E-state index in [0.29, 0.717) is 12.5 Å². The highest BCUT2D eigenvalue weighted by Gasteiger charge is 2.45. The topological polar surface area (TPSA) is 66.6 Å². The minimum absolute atomic E-state index is 0.133. The van der Waals surface area contributed by atoms with Crippen molar-refractivity contribution in [1.29, 1.82) is 0 Å². The van der Waals surface area contributed by atoms with E-state index in [1.165, 1.54) is 12.8 Å². The molecule has 3 atom stereocenters. The van der Waals surface area contributed by atoms with Crippen molar-refractivity contribution in [3.05, 3.63) is 0 Å². The monoisotopic (exact) mass is 284 g/mol. The highest BCUT2D eigenvalue weighted by molar-refractivity contribution is 5.79. The van der Waals surface area contributed by atoms with Crippen LogP contribution >= 0.6 is 0 Å². The molecular weight excluding hydrogens is 252 g/mol. The number of nitrogens with zero attached hydrogens (tertiary/aromatic N) is 1. The van der Waals surface area contributed by atoms with Gasteiger partial charge >= 0.3 is 5.97 Å². The first-order valence-electron chi connectivity index (χ1n) is 8.22. The summed E-state index contributed by atoms with van der Waals surface area (Å²) >= 11 is 0. The molecule has 4 heteroatoms. The molecule has 0 spiro atoms. The van der Waals surface area contributed by atoms with Crippen molar-refractivity contribution >= 4 is 5.97 Å². The van der Waals surface area contributed by atoms with Crippen LogP contribution in [0.1, 0.15) is 65.7 Å². The molecule has 1 saturated carbocycles. The molecule has 1 fully saturated rings. The number of rotatable bonds is 9. The number of nitrogens with two attached hydrogens (primary N) is 1. The van der Waals surface area contributed by atoms with E-state index < -0.39 is 11.5 Å². The summed E-state index contributed by atoms with van der Waals surface area (Å²) in [6.45, 7) is 8.77. The van der Waals surface area contributed by atoms with Gasteiger partial charge in [-0.25, -0.2) is 0 Å². The van der Waals surface area contributed by atoms with Crippen LogP contribution in [0.15, 0.2) is 0 Å². The van der Waals surface area contributed by atoms with E-state index in [2.05, 4.69) is 25.7 Å². The summed E-state index contributed by atoms with van der Waals surface area (Å²) in [5.41, 5.74) is 5.14. The molecule has 0 aromatic rings. The summed E-state index contributed by atoms with van der Waals surface area (Å²) in [4.78, 5) is 13.9. The number of carbonyl (C=O) groups is 1. The van der Waals surface area contributed by atoms with E-state index in [0.717, 1.165) is 38.8 Å². The summed E-state index contributed by atoms with van der Waals surface area (Å²) in [5, 5.41) is 9.37. The van der Waals surface area contributed by atoms with E-state index in [9.17, 15) is 9.90 Å². The molecule has 118 valence electrons. The highest BCUT2D eigenvalue weighted by Crippen LogP contribution is 2.36. The quantitative estimate of drug-likeness (QED) is 0.683. The van der Waals surface area contributed by atoms with Crippen molar-refractivity contribution in [2.24, 2.45) is 11.7 Å². The minimum Gasteiger partial charge on any atom is -0.480 e. The van der Waals surface area contributed by atoms with Crippen LogP contribution in [-0.4, -0.2) is 40.6 Å². The van der Waals surface area contributed by atoms with Gasteiger partial charge in [-0.05, 0) is 58.0 Å². The third-order valence-electron chi connectivity index (χ3n) is 5.05. The zero-order chi connectivity index (χ0) is 15.2. The number of aliphatic carboxylic acids is 1. The molecule has 0 amide bonds. The third-order valence-corrected chi connectivity index (χ3v) is 5.05. The Labute approximate surface area is 123 Å². The van der Waals surface area contributed by atoms with Crippen LogP contribution in [0.2, 0.25) is 0 Å². The maximum atomic E-state index is 11.4. The second-order valence-corrected chi connectivity index (χ2v) is 6.37. The van der Waals surface area contributed by atoms with E-state index >= 15 is 0 Å². The summed E-state index contributed by atoms with van der Waals surface area (Å²) in [6.07, 6.45) is 7.01. The Balaban J connectivity index is 2.55. The van der Waals surface area contributed by atoms with Crippen molar-refractivity contribution < 1.29 is 9.90 Å². The number of hydrogen-bond acceptors (Lipinski definition) is 3. The molecule has 1 aliphatic carbocycles. The van der Waals surface area contributed by atoms with E-state index in [4.69, 9.17) is 5.73 Å². The molecule has 0 aromatic heterocycles. The Morgan fingerprint density at radius 2 is 2.15 bits per heavy atom. The van der Waals surface area contributed by atoms with E-state index in [-0.39, 0.29) is 5.92 Å². The van der Waals surface area contributed by atoms with Crippen LogP contribution in [0.3, 0.4) is 0 Å². The molecule has 0 bridgehead atoms. The van der Waals surface area contributed by atoms with Crippen LogP contribution in [0.5, 0.6) is 0 Å². The Morgan fingerprint density at radius 1 is 1.45 bits per heavy atom. The van der Waals surface area contributed by atoms with Gasteiger partial charge in [-0.1, -0.05) is 26.7 Å². The first kappa shape index (κ1) is 17.4. The Kier molecular flexibility index (Phi) is 6.96. The van der Waals surface area contributed by atoms with Gasteiger partial charge < -0.3 is 15.7 Å². The highest BCUT2D eigenvalue weighted by atomic mass is 16.4. The van der Waals surface area contributed by atoms with Crippen LogP contribution in [0.25, 0.3) is 0 Å². The molecule has 0 aliphatic heterocycles. The number of hydrogen-bond donors (Lipinski definition) is 2. The van der Waals surface area contributed by atoms with Crippen molar-refractivity contribution in [3.63, 3.8) is 0 Å². The summed E-state index contributed by atoms with van der Waals surface area (Å²) in [7, 11) is 0. The van der Waals surface area contributed by atoms with Crippen LogP contribution in [0, 0.1) is 5.92 Å². The average molecular weight is 284 g/mol. The zero-order valence-corrected chi connectivity index (χ0v) is 13.4. The summed E-state index contributed by atoms with van der Waals surface area (Å²) < 4.78 is 0. The smallest absolute Gasteiger partial charge is 0.323 e. The second kappa shape index (κ2) is 7.99. The Bertz CT molecular complexity index is 309. The molecule has 1 aliphatic rings. The van der Waals surface area contributed by atoms with Crippen molar-refractivity contribution in [1.82, 2.24) is 4.90 Å². The molecule has 0 aromatic carbocycles. The lowest BCUT2D eigenvalue weighted by molar-refractivity contribution is -0.144. The van der Waals surface area contributed by atoms with Crippen molar-refractivity contribution in [2.75, 3.05) is 13.1 Å². The van der Waals surface area contributed by atoms with E-state index in [1.807, 2.05) is 0 Å². The lowest BCUT2D eigenvalue weighted by Crippen LogP contribution is -2.51. The largest absolute Gasteiger partial charge is 0.480 e. The molecule has 3 unspecified atom stereocenters. The van der Waals surface area contributed by atoms with Crippen LogP contribution in [-0.2, 0) is 4.79 Å². The average Bonchev–Trinajstić information content (AvgIpc) is 2.81. The van der Waals surface area contributed by atoms with Crippen molar-refractivity contribution in [3.8, 4) is 0 Å². The lowest BCUT2D eigenvalue weighted by atomic mass is 9.85. The van der Waals surface area contributed by atoms with Gasteiger partial charge in [0.05, 0.1) is 0 Å². The van der Waals surface area contributed by atoms with Crippen LogP contribution < -0.4 is 5.73 Å². The number of carboxylic acid groups (broad SMARTS) is 1. The number of carboxylic acids is 1. The second-order valence-electron chi connectivity index (χ2n) is 6.37. The molecular formula is C16H32N2O2. The molecule has 0 radical (unpaired) electrons. The maximum Gasteiger partial charge on any atom is 0.323 e. The summed E-state index contributed by atoms with van der Waals surface area (Å²) in [6, 6.07) is 0.569. The van der Waals surface area contributed by atoms with Gasteiger partial charge in [0.1, 0.15) is 5.54 Å². The van der Waals surface area contributed by atoms with Gasteiger partial charge in [-0.2, -0.15) is 0 Å². The maximum absolute atomic E-state index is 11.4. The SMILES string of the molecule is CCCCN(CCC1CCCC1(N)C(=O)O)C(C)CC. The van der Waals surface area contributed by atoms with Gasteiger partial charge in [0.25, 0.3) is 0 Å². The van der Waals surface area contributed by atoms with Crippen molar-refractivity contribution in [2.45, 2.75) is 77.3 Å². The lowest BCUT2D eigenvalue weighted by Gasteiger charge is -2.32. The zero-order valence-electron chi connectivity index (χ0n) is 13.4. The normalized spacial score (nSPS) is 27.9. The standard InChI is InChI=1S/C16H32N2O2/c1-4-6-11-18(13(3)5-2)12-9-14-8-7-10-16(14,17)15(19)20/h13-14H,4-12,17H2,1-3H3,(H,19,20). The number of unbranched alkanes of at least 4 members (excludes halogenated alkanes) is 1. The predicted molar refractivity (Wildman–Crippen MR) is 82.7 cm³/mol. The fraction of sp³-hybridized carbons (Fsp3) is 0.938. The Hall–Kier alpha value is -0.610. The molecule has 3 N–H and O–H groups in total. The first-order chi connectivity index (χ1) is 9.45. The van der Waals surface area contributed by atoms with Gasteiger partial charge in [-0.15, -0.1) is 0 Å². The predicted octanol–water partition coefficient (Wildman–Crippen LogP) is 2.86. The van der Waals surface area contributed by atoms with Gasteiger partial charge in [0, 0.05) is 6.04 Å². The van der Waals surface area contributed by atoms with Gasteiger partial charge in [0.2, 0.25) is 0 Å². The van der Waals surface area contributed by atoms with Gasteiger partial charge in [0.15, 0.2) is 0 Å². The molecule has 20 heavy (non-hydrogen) atoms. The fourth-order valence-corrected chi connectivity index (χ4v) is 3.28. The fourth-order valence-electron chi connectivity index (χ4n) is 3.28. The molecule has 0 heterocycles. The van der Waals surface area contributed by atoms with Crippen LogP contribution in [0.4, 0.5) is 0 Å². The summed E-state index contributed by atoms with van der Waals surface area (Å²) in [5.74, 6) is -0.683.